The van der Waals surface area contributed by atoms with Crippen LogP contribution in [0.1, 0.15) is 23.6 Å². The van der Waals surface area contributed by atoms with Crippen LogP contribution in [0.2, 0.25) is 0 Å². The standard InChI is InChI=1S/C60H40/c1-60(46-19-6-3-7-20-46)55-27-15-14-23-49(55)54-37-44-33-32-43(36-45(44)38-56(54)60)39-28-30-42(31-29-39)57-51-25-12-13-26-52(51)59(58-48-22-9-8-18-41(48)34-35-53(57)58)50-24-11-10-21-47(50)40-16-4-2-5-17-40/h2-38H,1H3. The topological polar surface area (TPSA) is 0 Å². The molecule has 11 aromatic rings. The van der Waals surface area contributed by atoms with E-state index >= 15 is 0 Å². The number of benzene rings is 11. The number of hydrogen-bond donors (Lipinski definition) is 0. The van der Waals surface area contributed by atoms with Crippen LogP contribution in [-0.2, 0) is 5.41 Å². The van der Waals surface area contributed by atoms with Gasteiger partial charge < -0.3 is 0 Å². The summed E-state index contributed by atoms with van der Waals surface area (Å²) in [5.41, 5.74) is 16.4. The lowest BCUT2D eigenvalue weighted by Gasteiger charge is -2.28. The fraction of sp³-hybridized carbons (Fsp3) is 0.0333. The van der Waals surface area contributed by atoms with Gasteiger partial charge in [0.05, 0.1) is 0 Å². The molecule has 60 heavy (non-hydrogen) atoms. The molecule has 280 valence electrons. The van der Waals surface area contributed by atoms with Crippen molar-refractivity contribution >= 4 is 43.1 Å². The number of hydrogen-bond acceptors (Lipinski definition) is 0. The lowest BCUT2D eigenvalue weighted by Crippen LogP contribution is -2.22. The molecule has 0 aromatic heterocycles. The third-order valence-corrected chi connectivity index (χ3v) is 13.3. The molecule has 0 spiro atoms. The second kappa shape index (κ2) is 13.5. The van der Waals surface area contributed by atoms with Gasteiger partial charge in [0.1, 0.15) is 0 Å². The lowest BCUT2D eigenvalue weighted by atomic mass is 9.74. The van der Waals surface area contributed by atoms with E-state index < -0.39 is 0 Å². The molecule has 1 unspecified atom stereocenters. The van der Waals surface area contributed by atoms with Gasteiger partial charge >= 0.3 is 0 Å². The molecule has 0 N–H and O–H groups in total. The first-order valence-corrected chi connectivity index (χ1v) is 21.0. The maximum Gasteiger partial charge on any atom is 0.0435 e. The summed E-state index contributed by atoms with van der Waals surface area (Å²) in [5.74, 6) is 0. The normalized spacial score (nSPS) is 14.5. The molecule has 12 rings (SSSR count). The van der Waals surface area contributed by atoms with Crippen LogP contribution >= 0.6 is 0 Å². The van der Waals surface area contributed by atoms with Crippen LogP contribution in [0.3, 0.4) is 0 Å². The molecule has 11 aromatic carbocycles. The third kappa shape index (κ3) is 5.17. The Kier molecular flexibility index (Phi) is 7.77. The van der Waals surface area contributed by atoms with E-state index in [1.165, 1.54) is 115 Å². The summed E-state index contributed by atoms with van der Waals surface area (Å²) < 4.78 is 0. The number of rotatable bonds is 5. The van der Waals surface area contributed by atoms with Gasteiger partial charge in [0.15, 0.2) is 0 Å². The molecule has 0 saturated carbocycles. The Bertz CT molecular complexity index is 3470. The monoisotopic (exact) mass is 760 g/mol. The van der Waals surface area contributed by atoms with Gasteiger partial charge in [-0.05, 0) is 141 Å². The SMILES string of the molecule is CC1(c2ccccc2)c2ccccc2-c2cc3ccc(-c4ccc(-c5c6ccccc6c(-c6ccccc6-c6ccccc6)c6c5ccc5ccccc56)cc4)cc3cc21. The van der Waals surface area contributed by atoms with Crippen LogP contribution in [-0.4, -0.2) is 0 Å². The molecular weight excluding hydrogens is 721 g/mol. The summed E-state index contributed by atoms with van der Waals surface area (Å²) in [4.78, 5) is 0. The van der Waals surface area contributed by atoms with Gasteiger partial charge in [0.25, 0.3) is 0 Å². The second-order valence-electron chi connectivity index (χ2n) is 16.5. The zero-order valence-electron chi connectivity index (χ0n) is 33.4. The van der Waals surface area contributed by atoms with Crippen molar-refractivity contribution in [3.8, 4) is 55.6 Å². The van der Waals surface area contributed by atoms with E-state index in [1.807, 2.05) is 0 Å². The predicted octanol–water partition coefficient (Wildman–Crippen LogP) is 16.3. The Labute approximate surface area is 350 Å². The van der Waals surface area contributed by atoms with Gasteiger partial charge in [-0.3, -0.25) is 0 Å². The molecule has 0 bridgehead atoms. The van der Waals surface area contributed by atoms with E-state index in [0.717, 1.165) is 0 Å². The van der Waals surface area contributed by atoms with Crippen molar-refractivity contribution in [2.45, 2.75) is 12.3 Å². The minimum absolute atomic E-state index is 0.227. The maximum atomic E-state index is 2.45. The van der Waals surface area contributed by atoms with Crippen LogP contribution in [0.4, 0.5) is 0 Å². The summed E-state index contributed by atoms with van der Waals surface area (Å²) in [6.45, 7) is 2.40. The molecule has 1 atom stereocenters. The Hall–Kier alpha value is -7.54. The molecular formula is C60H40. The molecule has 0 fully saturated rings. The van der Waals surface area contributed by atoms with E-state index in [0.29, 0.717) is 0 Å². The highest BCUT2D eigenvalue weighted by Gasteiger charge is 2.40. The Morgan fingerprint density at radius 1 is 0.283 bits per heavy atom. The van der Waals surface area contributed by atoms with E-state index in [2.05, 4.69) is 231 Å². The maximum absolute atomic E-state index is 2.45. The highest BCUT2D eigenvalue weighted by molar-refractivity contribution is 6.28. The van der Waals surface area contributed by atoms with Gasteiger partial charge in [-0.15, -0.1) is 0 Å². The molecule has 0 amide bonds. The average molecular weight is 761 g/mol. The van der Waals surface area contributed by atoms with E-state index in [9.17, 15) is 0 Å². The fourth-order valence-corrected chi connectivity index (χ4v) is 10.4. The molecule has 0 heterocycles. The van der Waals surface area contributed by atoms with Gasteiger partial charge in [0.2, 0.25) is 0 Å². The largest absolute Gasteiger partial charge is 0.0622 e. The van der Waals surface area contributed by atoms with Crippen molar-refractivity contribution in [2.24, 2.45) is 0 Å². The number of fused-ring (bicyclic) bond motifs is 8. The van der Waals surface area contributed by atoms with Crippen molar-refractivity contribution in [3.63, 3.8) is 0 Å². The highest BCUT2D eigenvalue weighted by atomic mass is 14.4. The molecule has 0 aliphatic heterocycles. The van der Waals surface area contributed by atoms with Crippen LogP contribution < -0.4 is 0 Å². The summed E-state index contributed by atoms with van der Waals surface area (Å²) in [6, 6.07) is 83.3. The summed E-state index contributed by atoms with van der Waals surface area (Å²) in [6.07, 6.45) is 0. The van der Waals surface area contributed by atoms with Crippen LogP contribution in [0.25, 0.3) is 98.7 Å². The Morgan fingerprint density at radius 2 is 0.867 bits per heavy atom. The van der Waals surface area contributed by atoms with Crippen molar-refractivity contribution in [1.29, 1.82) is 0 Å². The molecule has 0 radical (unpaired) electrons. The van der Waals surface area contributed by atoms with Crippen molar-refractivity contribution in [3.05, 3.63) is 241 Å². The van der Waals surface area contributed by atoms with Crippen molar-refractivity contribution in [2.75, 3.05) is 0 Å². The Morgan fingerprint density at radius 3 is 1.65 bits per heavy atom. The first-order valence-electron chi connectivity index (χ1n) is 21.0. The summed E-state index contributed by atoms with van der Waals surface area (Å²) in [5, 5.41) is 10.1. The van der Waals surface area contributed by atoms with Crippen molar-refractivity contribution < 1.29 is 0 Å². The van der Waals surface area contributed by atoms with Gasteiger partial charge in [-0.25, -0.2) is 0 Å². The Balaban J connectivity index is 1.02. The smallest absolute Gasteiger partial charge is 0.0435 e. The zero-order chi connectivity index (χ0) is 39.8. The van der Waals surface area contributed by atoms with Gasteiger partial charge in [-0.1, -0.05) is 206 Å². The van der Waals surface area contributed by atoms with Crippen LogP contribution in [0.5, 0.6) is 0 Å². The minimum Gasteiger partial charge on any atom is -0.0622 e. The average Bonchev–Trinajstić information content (AvgIpc) is 3.57. The fourth-order valence-electron chi connectivity index (χ4n) is 10.4. The van der Waals surface area contributed by atoms with Crippen LogP contribution in [0.15, 0.2) is 224 Å². The van der Waals surface area contributed by atoms with E-state index in [4.69, 9.17) is 0 Å². The first-order chi connectivity index (χ1) is 29.6. The van der Waals surface area contributed by atoms with E-state index in [1.54, 1.807) is 0 Å². The molecule has 1 aliphatic carbocycles. The van der Waals surface area contributed by atoms with Crippen molar-refractivity contribution in [1.82, 2.24) is 0 Å². The zero-order valence-corrected chi connectivity index (χ0v) is 33.4. The van der Waals surface area contributed by atoms with Gasteiger partial charge in [-0.2, -0.15) is 0 Å². The highest BCUT2D eigenvalue weighted by Crippen LogP contribution is 2.54. The third-order valence-electron chi connectivity index (χ3n) is 13.3. The van der Waals surface area contributed by atoms with E-state index in [-0.39, 0.29) is 5.41 Å². The minimum atomic E-state index is -0.227. The summed E-state index contributed by atoms with van der Waals surface area (Å²) in [7, 11) is 0. The molecule has 0 nitrogen and oxygen atoms in total. The quantitative estimate of drug-likeness (QED) is 0.121. The second-order valence-corrected chi connectivity index (χ2v) is 16.5. The molecule has 0 heteroatoms. The molecule has 1 aliphatic rings. The molecule has 0 saturated heterocycles. The summed E-state index contributed by atoms with van der Waals surface area (Å²) >= 11 is 0. The predicted molar refractivity (Wildman–Crippen MR) is 256 cm³/mol. The first kappa shape index (κ1) is 34.5. The van der Waals surface area contributed by atoms with Crippen LogP contribution in [0, 0.1) is 0 Å². The lowest BCUT2D eigenvalue weighted by molar-refractivity contribution is 0.715. The van der Waals surface area contributed by atoms with Gasteiger partial charge in [0, 0.05) is 5.41 Å².